The summed E-state index contributed by atoms with van der Waals surface area (Å²) in [6.07, 6.45) is 0. The number of rotatable bonds is 3. The Kier molecular flexibility index (Phi) is 4.79. The van der Waals surface area contributed by atoms with Crippen LogP contribution in [0.4, 0.5) is 0 Å². The SMILES string of the molecule is CC(=O)NCC(=O)N1C[C@@H]2CN(C(C)=O)[C@H](c3ccccc3C)[C@@H]2C1. The number of hydrogen-bond acceptors (Lipinski definition) is 3. The topological polar surface area (TPSA) is 69.7 Å². The third-order valence-corrected chi connectivity index (χ3v) is 5.42. The van der Waals surface area contributed by atoms with E-state index in [-0.39, 0.29) is 42.1 Å². The maximum atomic E-state index is 12.3. The van der Waals surface area contributed by atoms with Crippen molar-refractivity contribution in [1.29, 1.82) is 0 Å². The van der Waals surface area contributed by atoms with Crippen LogP contribution in [0.2, 0.25) is 0 Å². The highest BCUT2D eigenvalue weighted by Gasteiger charge is 2.49. The van der Waals surface area contributed by atoms with E-state index in [9.17, 15) is 14.4 Å². The third kappa shape index (κ3) is 3.38. The van der Waals surface area contributed by atoms with Gasteiger partial charge < -0.3 is 15.1 Å². The van der Waals surface area contributed by atoms with Crippen molar-refractivity contribution in [1.82, 2.24) is 15.1 Å². The highest BCUT2D eigenvalue weighted by Crippen LogP contribution is 2.45. The zero-order valence-corrected chi connectivity index (χ0v) is 15.0. The van der Waals surface area contributed by atoms with Gasteiger partial charge in [-0.2, -0.15) is 0 Å². The summed E-state index contributed by atoms with van der Waals surface area (Å²) in [6, 6.07) is 8.17. The van der Waals surface area contributed by atoms with Crippen LogP contribution < -0.4 is 5.32 Å². The van der Waals surface area contributed by atoms with Gasteiger partial charge in [-0.15, -0.1) is 0 Å². The molecule has 2 heterocycles. The molecule has 25 heavy (non-hydrogen) atoms. The number of likely N-dealkylation sites (tertiary alicyclic amines) is 2. The molecule has 6 nitrogen and oxygen atoms in total. The van der Waals surface area contributed by atoms with E-state index in [1.165, 1.54) is 18.1 Å². The number of hydrogen-bond donors (Lipinski definition) is 1. The van der Waals surface area contributed by atoms with Gasteiger partial charge >= 0.3 is 0 Å². The van der Waals surface area contributed by atoms with Crippen LogP contribution in [0, 0.1) is 18.8 Å². The van der Waals surface area contributed by atoms with Crippen LogP contribution in [0.15, 0.2) is 24.3 Å². The molecule has 0 saturated carbocycles. The molecule has 0 aromatic heterocycles. The summed E-state index contributed by atoms with van der Waals surface area (Å²) in [5.74, 6) is 0.357. The average Bonchev–Trinajstić information content (AvgIpc) is 3.11. The molecular formula is C19H25N3O3. The Bertz CT molecular complexity index is 703. The van der Waals surface area contributed by atoms with Gasteiger partial charge in [-0.05, 0) is 18.1 Å². The summed E-state index contributed by atoms with van der Waals surface area (Å²) < 4.78 is 0. The first-order chi connectivity index (χ1) is 11.9. The van der Waals surface area contributed by atoms with Gasteiger partial charge in [-0.3, -0.25) is 14.4 Å². The highest BCUT2D eigenvalue weighted by atomic mass is 16.2. The van der Waals surface area contributed by atoms with Gasteiger partial charge in [0.1, 0.15) is 0 Å². The smallest absolute Gasteiger partial charge is 0.241 e. The number of amides is 3. The van der Waals surface area contributed by atoms with Gasteiger partial charge in [0.25, 0.3) is 0 Å². The van der Waals surface area contributed by atoms with Crippen LogP contribution >= 0.6 is 0 Å². The van der Waals surface area contributed by atoms with E-state index < -0.39 is 0 Å². The van der Waals surface area contributed by atoms with E-state index in [0.717, 1.165) is 0 Å². The van der Waals surface area contributed by atoms with Crippen molar-refractivity contribution >= 4 is 17.7 Å². The zero-order chi connectivity index (χ0) is 18.1. The average molecular weight is 343 g/mol. The van der Waals surface area contributed by atoms with Crippen LogP contribution in [-0.4, -0.2) is 53.7 Å². The maximum Gasteiger partial charge on any atom is 0.241 e. The molecular weight excluding hydrogens is 318 g/mol. The van der Waals surface area contributed by atoms with Crippen LogP contribution in [-0.2, 0) is 14.4 Å². The third-order valence-electron chi connectivity index (χ3n) is 5.42. The first kappa shape index (κ1) is 17.5. The molecule has 0 aliphatic carbocycles. The van der Waals surface area contributed by atoms with Gasteiger partial charge in [0.2, 0.25) is 17.7 Å². The summed E-state index contributed by atoms with van der Waals surface area (Å²) >= 11 is 0. The second-order valence-electron chi connectivity index (χ2n) is 7.11. The summed E-state index contributed by atoms with van der Waals surface area (Å²) in [7, 11) is 0. The molecule has 2 aliphatic rings. The van der Waals surface area contributed by atoms with Crippen molar-refractivity contribution in [2.24, 2.45) is 11.8 Å². The largest absolute Gasteiger partial charge is 0.347 e. The first-order valence-corrected chi connectivity index (χ1v) is 8.73. The zero-order valence-electron chi connectivity index (χ0n) is 15.0. The number of fused-ring (bicyclic) bond motifs is 1. The van der Waals surface area contributed by atoms with Crippen molar-refractivity contribution in [3.05, 3.63) is 35.4 Å². The van der Waals surface area contributed by atoms with Crippen molar-refractivity contribution in [2.45, 2.75) is 26.8 Å². The molecule has 1 N–H and O–H groups in total. The predicted molar refractivity (Wildman–Crippen MR) is 93.6 cm³/mol. The van der Waals surface area contributed by atoms with E-state index in [4.69, 9.17) is 0 Å². The van der Waals surface area contributed by atoms with Gasteiger partial charge in [0.05, 0.1) is 12.6 Å². The molecule has 1 aromatic rings. The Labute approximate surface area is 148 Å². The Balaban J connectivity index is 1.80. The molecule has 2 fully saturated rings. The van der Waals surface area contributed by atoms with Crippen LogP contribution in [0.3, 0.4) is 0 Å². The lowest BCUT2D eigenvalue weighted by atomic mass is 9.87. The molecule has 3 amide bonds. The second-order valence-corrected chi connectivity index (χ2v) is 7.11. The maximum absolute atomic E-state index is 12.3. The molecule has 2 aliphatic heterocycles. The minimum Gasteiger partial charge on any atom is -0.347 e. The van der Waals surface area contributed by atoms with Gasteiger partial charge in [-0.25, -0.2) is 0 Å². The molecule has 3 atom stereocenters. The van der Waals surface area contributed by atoms with E-state index in [1.54, 1.807) is 6.92 Å². The minimum atomic E-state index is -0.201. The fourth-order valence-electron chi connectivity index (χ4n) is 4.20. The Morgan fingerprint density at radius 2 is 1.84 bits per heavy atom. The Hall–Kier alpha value is -2.37. The van der Waals surface area contributed by atoms with E-state index >= 15 is 0 Å². The van der Waals surface area contributed by atoms with E-state index in [0.29, 0.717) is 19.6 Å². The second kappa shape index (κ2) is 6.86. The molecule has 0 unspecified atom stereocenters. The fourth-order valence-corrected chi connectivity index (χ4v) is 4.20. The molecule has 134 valence electrons. The summed E-state index contributed by atoms with van der Waals surface area (Å²) in [5, 5.41) is 2.57. The molecule has 0 spiro atoms. The highest BCUT2D eigenvalue weighted by molar-refractivity contribution is 5.84. The fraction of sp³-hybridized carbons (Fsp3) is 0.526. The molecule has 0 bridgehead atoms. The number of nitrogens with one attached hydrogen (secondary N) is 1. The Morgan fingerprint density at radius 3 is 2.48 bits per heavy atom. The quantitative estimate of drug-likeness (QED) is 0.894. The van der Waals surface area contributed by atoms with Crippen molar-refractivity contribution < 1.29 is 14.4 Å². The molecule has 2 saturated heterocycles. The first-order valence-electron chi connectivity index (χ1n) is 8.73. The normalized spacial score (nSPS) is 25.0. The van der Waals surface area contributed by atoms with Gasteiger partial charge in [-0.1, -0.05) is 24.3 Å². The van der Waals surface area contributed by atoms with Gasteiger partial charge in [0, 0.05) is 45.3 Å². The van der Waals surface area contributed by atoms with E-state index in [1.807, 2.05) is 21.9 Å². The molecule has 3 rings (SSSR count). The predicted octanol–water partition coefficient (Wildman–Crippen LogP) is 1.11. The number of benzene rings is 1. The number of nitrogens with zero attached hydrogens (tertiary/aromatic N) is 2. The van der Waals surface area contributed by atoms with Crippen LogP contribution in [0.5, 0.6) is 0 Å². The molecule has 1 aromatic carbocycles. The summed E-state index contributed by atoms with van der Waals surface area (Å²) in [4.78, 5) is 39.3. The van der Waals surface area contributed by atoms with E-state index in [2.05, 4.69) is 24.4 Å². The Morgan fingerprint density at radius 1 is 1.12 bits per heavy atom. The summed E-state index contributed by atoms with van der Waals surface area (Å²) in [5.41, 5.74) is 2.34. The standard InChI is InChI=1S/C19H25N3O3/c1-12-6-4-5-7-16(12)19-17-11-21(18(25)8-20-13(2)23)9-15(17)10-22(19)14(3)24/h4-7,15,17,19H,8-11H2,1-3H3,(H,20,23)/t15-,17-,19-/m1/s1. The number of carbonyl (C=O) groups is 3. The number of carbonyl (C=O) groups excluding carboxylic acids is 3. The van der Waals surface area contributed by atoms with Crippen LogP contribution in [0.25, 0.3) is 0 Å². The summed E-state index contributed by atoms with van der Waals surface area (Å²) in [6.45, 7) is 7.09. The number of aryl methyl sites for hydroxylation is 1. The minimum absolute atomic E-state index is 0.0160. The van der Waals surface area contributed by atoms with Gasteiger partial charge in [0.15, 0.2) is 0 Å². The van der Waals surface area contributed by atoms with Crippen molar-refractivity contribution in [3.8, 4) is 0 Å². The monoisotopic (exact) mass is 343 g/mol. The molecule has 6 heteroatoms. The molecule has 0 radical (unpaired) electrons. The lowest BCUT2D eigenvalue weighted by Gasteiger charge is -2.30. The van der Waals surface area contributed by atoms with Crippen LogP contribution in [0.1, 0.15) is 31.0 Å². The lowest BCUT2D eigenvalue weighted by molar-refractivity contribution is -0.133. The van der Waals surface area contributed by atoms with Crippen molar-refractivity contribution in [2.75, 3.05) is 26.2 Å². The lowest BCUT2D eigenvalue weighted by Crippen LogP contribution is -2.41. The van der Waals surface area contributed by atoms with Crippen molar-refractivity contribution in [3.63, 3.8) is 0 Å².